The highest BCUT2D eigenvalue weighted by molar-refractivity contribution is 5.98. The maximum atomic E-state index is 12.1. The molecule has 0 saturated carbocycles. The van der Waals surface area contributed by atoms with Crippen molar-refractivity contribution in [2.24, 2.45) is 0 Å². The van der Waals surface area contributed by atoms with E-state index in [2.05, 4.69) is 24.3 Å². The first-order valence-corrected chi connectivity index (χ1v) is 16.0. The lowest BCUT2D eigenvalue weighted by Gasteiger charge is -2.19. The van der Waals surface area contributed by atoms with Gasteiger partial charge in [-0.3, -0.25) is 9.59 Å². The lowest BCUT2D eigenvalue weighted by atomic mass is 9.97. The molecule has 0 atom stereocenters. The zero-order valence-electron chi connectivity index (χ0n) is 27.6. The van der Waals surface area contributed by atoms with Gasteiger partial charge in [-0.2, -0.15) is 0 Å². The van der Waals surface area contributed by atoms with Crippen molar-refractivity contribution >= 4 is 35.1 Å². The number of hydrogen-bond donors (Lipinski definition) is 1. The zero-order chi connectivity index (χ0) is 33.8. The zero-order valence-corrected chi connectivity index (χ0v) is 27.6. The van der Waals surface area contributed by atoms with Crippen molar-refractivity contribution in [2.75, 3.05) is 30.0 Å². The number of amides is 2. The molecule has 0 aromatic heterocycles. The number of methoxy groups -OCH3 is 1. The molecule has 0 radical (unpaired) electrons. The van der Waals surface area contributed by atoms with Crippen LogP contribution >= 0.6 is 0 Å². The summed E-state index contributed by atoms with van der Waals surface area (Å²) in [6.07, 6.45) is 2.78. The molecule has 0 bridgehead atoms. The average Bonchev–Trinajstić information content (AvgIpc) is 3.73. The van der Waals surface area contributed by atoms with Crippen LogP contribution in [0.4, 0.5) is 11.4 Å². The first-order valence-electron chi connectivity index (χ1n) is 16.0. The van der Waals surface area contributed by atoms with Gasteiger partial charge in [0.15, 0.2) is 0 Å². The second-order valence-electron chi connectivity index (χ2n) is 11.9. The first kappa shape index (κ1) is 33.1. The van der Waals surface area contributed by atoms with Crippen molar-refractivity contribution in [3.8, 4) is 22.3 Å². The molecule has 2 heterocycles. The number of carboxylic acids is 1. The lowest BCUT2D eigenvalue weighted by molar-refractivity contribution is -0.119. The number of rotatable bonds is 6. The Morgan fingerprint density at radius 1 is 0.638 bits per heavy atom. The van der Waals surface area contributed by atoms with Gasteiger partial charge in [-0.1, -0.05) is 38.1 Å². The van der Waals surface area contributed by atoms with Crippen molar-refractivity contribution in [3.05, 3.63) is 106 Å². The third-order valence-electron chi connectivity index (χ3n) is 8.82. The minimum absolute atomic E-state index is 0.158. The van der Waals surface area contributed by atoms with Gasteiger partial charge < -0.3 is 19.6 Å². The van der Waals surface area contributed by atoms with Crippen LogP contribution in [0.3, 0.4) is 0 Å². The number of aryl methyl sites for hydroxylation is 2. The molecule has 242 valence electrons. The fourth-order valence-corrected chi connectivity index (χ4v) is 6.48. The fraction of sp³-hybridized carbons (Fsp3) is 0.282. The number of carbonyl (C=O) groups is 4. The second kappa shape index (κ2) is 14.0. The summed E-state index contributed by atoms with van der Waals surface area (Å²) in [7, 11) is 1.38. The topological polar surface area (TPSA) is 104 Å². The number of nitrogens with zero attached hydrogens (tertiary/aromatic N) is 2. The van der Waals surface area contributed by atoms with E-state index in [0.717, 1.165) is 70.7 Å². The minimum atomic E-state index is -0.921. The molecule has 47 heavy (non-hydrogen) atoms. The van der Waals surface area contributed by atoms with Crippen LogP contribution < -0.4 is 9.80 Å². The molecular formula is C39H40N2O6. The summed E-state index contributed by atoms with van der Waals surface area (Å²) in [6, 6.07) is 22.7. The van der Waals surface area contributed by atoms with Crippen LogP contribution in [0.15, 0.2) is 72.8 Å². The van der Waals surface area contributed by atoms with Crippen LogP contribution in [0.25, 0.3) is 22.3 Å². The van der Waals surface area contributed by atoms with Gasteiger partial charge in [-0.25, -0.2) is 9.59 Å². The monoisotopic (exact) mass is 632 g/mol. The van der Waals surface area contributed by atoms with Crippen LogP contribution in [0.1, 0.15) is 69.7 Å². The molecule has 2 aliphatic heterocycles. The van der Waals surface area contributed by atoms with Crippen LogP contribution in [0.2, 0.25) is 0 Å². The van der Waals surface area contributed by atoms with Crippen LogP contribution in [-0.4, -0.2) is 49.1 Å². The van der Waals surface area contributed by atoms with Gasteiger partial charge >= 0.3 is 11.9 Å². The predicted octanol–water partition coefficient (Wildman–Crippen LogP) is 7.41. The van der Waals surface area contributed by atoms with Crippen LogP contribution in [0, 0.1) is 13.8 Å². The normalized spacial score (nSPS) is 13.0. The Hall–Kier alpha value is -5.24. The smallest absolute Gasteiger partial charge is 0.337 e. The van der Waals surface area contributed by atoms with Gasteiger partial charge in [-0.15, -0.1) is 0 Å². The van der Waals surface area contributed by atoms with E-state index in [9.17, 15) is 19.2 Å². The maximum Gasteiger partial charge on any atom is 0.337 e. The van der Waals surface area contributed by atoms with Crippen molar-refractivity contribution < 1.29 is 29.0 Å². The largest absolute Gasteiger partial charge is 0.478 e. The molecular weight excluding hydrogens is 592 g/mol. The Morgan fingerprint density at radius 3 is 1.40 bits per heavy atom. The number of carbonyl (C=O) groups excluding carboxylic acids is 3. The van der Waals surface area contributed by atoms with Gasteiger partial charge in [-0.05, 0) is 120 Å². The van der Waals surface area contributed by atoms with E-state index in [-0.39, 0.29) is 23.3 Å². The standard InChI is InChI=1S/C20H21NO3.C19H19NO3/c1-4-18(22)21-10-9-16-12-17(11-13(2)19(16)21)14-5-7-15(8-6-14)20(23)24-3;1-3-17(21)20-9-8-15-11-16(10-12(2)18(15)20)13-4-6-14(7-5-13)19(22)23/h5-8,11-12H,4,9-10H2,1-3H3;4-7,10-11H,3,8-9H2,1-2H3,(H,22,23). The molecule has 6 rings (SSSR count). The number of ether oxygens (including phenoxy) is 1. The molecule has 4 aromatic carbocycles. The molecule has 2 amide bonds. The molecule has 0 unspecified atom stereocenters. The summed E-state index contributed by atoms with van der Waals surface area (Å²) in [4.78, 5) is 50.4. The Kier molecular flexibility index (Phi) is 9.89. The summed E-state index contributed by atoms with van der Waals surface area (Å²) < 4.78 is 4.73. The van der Waals surface area contributed by atoms with E-state index in [1.165, 1.54) is 18.2 Å². The Labute approximate surface area is 275 Å². The number of anilines is 2. The molecule has 8 nitrogen and oxygen atoms in total. The van der Waals surface area contributed by atoms with Crippen molar-refractivity contribution in [1.29, 1.82) is 0 Å². The molecule has 0 fully saturated rings. The number of benzene rings is 4. The minimum Gasteiger partial charge on any atom is -0.478 e. The third kappa shape index (κ3) is 6.82. The average molecular weight is 633 g/mol. The van der Waals surface area contributed by atoms with Gasteiger partial charge in [0.1, 0.15) is 0 Å². The molecule has 2 aliphatic rings. The van der Waals surface area contributed by atoms with Gasteiger partial charge in [0.25, 0.3) is 0 Å². The highest BCUT2D eigenvalue weighted by Gasteiger charge is 2.27. The quantitative estimate of drug-likeness (QED) is 0.222. The van der Waals surface area contributed by atoms with E-state index in [1.54, 1.807) is 24.3 Å². The summed E-state index contributed by atoms with van der Waals surface area (Å²) in [5.74, 6) is -0.923. The van der Waals surface area contributed by atoms with Crippen LogP contribution in [0.5, 0.6) is 0 Å². The van der Waals surface area contributed by atoms with Crippen molar-refractivity contribution in [2.45, 2.75) is 53.4 Å². The maximum absolute atomic E-state index is 12.1. The predicted molar refractivity (Wildman–Crippen MR) is 184 cm³/mol. The van der Waals surface area contributed by atoms with Crippen molar-refractivity contribution in [1.82, 2.24) is 0 Å². The summed E-state index contributed by atoms with van der Waals surface area (Å²) >= 11 is 0. The third-order valence-corrected chi connectivity index (χ3v) is 8.82. The number of carboxylic acid groups (broad SMARTS) is 1. The lowest BCUT2D eigenvalue weighted by Crippen LogP contribution is -2.28. The Balaban J connectivity index is 0.000000185. The highest BCUT2D eigenvalue weighted by Crippen LogP contribution is 2.37. The van der Waals surface area contributed by atoms with E-state index in [1.807, 2.05) is 61.8 Å². The SMILES string of the molecule is CCC(=O)N1CCc2cc(-c3ccc(C(=O)O)cc3)cc(C)c21.CCC(=O)N1CCc2cc(-c3ccc(C(=O)OC)cc3)cc(C)c21. The van der Waals surface area contributed by atoms with Gasteiger partial charge in [0.05, 0.1) is 18.2 Å². The Morgan fingerprint density at radius 2 is 1.04 bits per heavy atom. The highest BCUT2D eigenvalue weighted by atomic mass is 16.5. The van der Waals surface area contributed by atoms with Gasteiger partial charge in [0.2, 0.25) is 11.8 Å². The molecule has 0 aliphatic carbocycles. The fourth-order valence-electron chi connectivity index (χ4n) is 6.48. The summed E-state index contributed by atoms with van der Waals surface area (Å²) in [6.45, 7) is 9.35. The first-order chi connectivity index (χ1) is 22.6. The molecule has 4 aromatic rings. The van der Waals surface area contributed by atoms with E-state index in [0.29, 0.717) is 18.4 Å². The van der Waals surface area contributed by atoms with E-state index in [4.69, 9.17) is 9.84 Å². The van der Waals surface area contributed by atoms with E-state index < -0.39 is 5.97 Å². The van der Waals surface area contributed by atoms with Crippen molar-refractivity contribution in [3.63, 3.8) is 0 Å². The second-order valence-corrected chi connectivity index (χ2v) is 11.9. The summed E-state index contributed by atoms with van der Waals surface area (Å²) in [5, 5.41) is 8.98. The molecule has 0 spiro atoms. The number of esters is 1. The Bertz CT molecular complexity index is 1840. The molecule has 0 saturated heterocycles. The van der Waals surface area contributed by atoms with Crippen LogP contribution in [-0.2, 0) is 27.2 Å². The molecule has 8 heteroatoms. The number of aromatic carboxylic acids is 1. The number of hydrogen-bond acceptors (Lipinski definition) is 5. The summed E-state index contributed by atoms with van der Waals surface area (Å²) in [5.41, 5.74) is 11.7. The molecule has 1 N–H and O–H groups in total. The number of fused-ring (bicyclic) bond motifs is 2. The van der Waals surface area contributed by atoms with Gasteiger partial charge in [0, 0.05) is 37.3 Å². The van der Waals surface area contributed by atoms with E-state index >= 15 is 0 Å².